The molecule has 4 aromatic rings. The molecule has 0 N–H and O–H groups in total. The molecule has 0 saturated carbocycles. The molecule has 0 amide bonds. The van der Waals surface area contributed by atoms with Crippen molar-refractivity contribution >= 4 is 33.3 Å². The van der Waals surface area contributed by atoms with Crippen molar-refractivity contribution in [2.24, 2.45) is 0 Å². The van der Waals surface area contributed by atoms with Crippen LogP contribution >= 0.6 is 11.6 Å². The highest BCUT2D eigenvalue weighted by molar-refractivity contribution is 6.34. The van der Waals surface area contributed by atoms with E-state index in [1.54, 1.807) is 12.1 Å². The number of halogens is 1. The van der Waals surface area contributed by atoms with Gasteiger partial charge in [-0.3, -0.25) is 9.78 Å². The quantitative estimate of drug-likeness (QED) is 0.571. The van der Waals surface area contributed by atoms with E-state index in [-0.39, 0.29) is 5.56 Å². The highest BCUT2D eigenvalue weighted by atomic mass is 35.5. The van der Waals surface area contributed by atoms with Gasteiger partial charge in [0.25, 0.3) is 5.56 Å². The van der Waals surface area contributed by atoms with Crippen LogP contribution in [0.1, 0.15) is 5.69 Å². The number of hydrogen-bond donors (Lipinski definition) is 0. The van der Waals surface area contributed by atoms with Crippen LogP contribution in [0.25, 0.3) is 21.7 Å². The first-order chi connectivity index (χ1) is 11.7. The molecule has 0 bridgehead atoms. The van der Waals surface area contributed by atoms with Gasteiger partial charge in [-0.05, 0) is 18.2 Å². The molecule has 2 heterocycles. The summed E-state index contributed by atoms with van der Waals surface area (Å²) in [4.78, 5) is 17.2. The van der Waals surface area contributed by atoms with Crippen molar-refractivity contribution in [3.05, 3.63) is 81.9 Å². The van der Waals surface area contributed by atoms with Gasteiger partial charge in [0.1, 0.15) is 0 Å². The van der Waals surface area contributed by atoms with E-state index >= 15 is 0 Å². The minimum atomic E-state index is -0.129. The van der Waals surface area contributed by atoms with Gasteiger partial charge in [0, 0.05) is 22.9 Å². The Hall–Kier alpha value is -2.72. The summed E-state index contributed by atoms with van der Waals surface area (Å²) >= 11 is 6.21. The predicted octanol–water partition coefficient (Wildman–Crippen LogP) is 3.84. The number of para-hydroxylation sites is 1. The minimum Gasteiger partial charge on any atom is -0.267 e. The van der Waals surface area contributed by atoms with Crippen molar-refractivity contribution < 1.29 is 0 Å². The molecule has 0 aliphatic carbocycles. The van der Waals surface area contributed by atoms with Crippen LogP contribution in [-0.2, 0) is 13.0 Å². The largest absolute Gasteiger partial charge is 0.274 e. The van der Waals surface area contributed by atoms with Gasteiger partial charge in [-0.2, -0.15) is 5.10 Å². The minimum absolute atomic E-state index is 0.129. The molecule has 118 valence electrons. The third-order valence-electron chi connectivity index (χ3n) is 4.06. The maximum absolute atomic E-state index is 12.5. The van der Waals surface area contributed by atoms with Gasteiger partial charge >= 0.3 is 0 Å². The van der Waals surface area contributed by atoms with Crippen molar-refractivity contribution in [2.75, 3.05) is 0 Å². The van der Waals surface area contributed by atoms with Gasteiger partial charge < -0.3 is 0 Å². The van der Waals surface area contributed by atoms with Crippen LogP contribution in [0, 0.1) is 0 Å². The van der Waals surface area contributed by atoms with Crippen molar-refractivity contribution in [1.29, 1.82) is 0 Å². The molecule has 0 atom stereocenters. The molecule has 0 unspecified atom stereocenters. The number of nitrogens with zero attached hydrogens (tertiary/aromatic N) is 3. The number of aromatic nitrogens is 3. The Bertz CT molecular complexity index is 1100. The average Bonchev–Trinajstić information content (AvgIpc) is 2.63. The second-order valence-electron chi connectivity index (χ2n) is 5.61. The molecule has 0 saturated heterocycles. The Labute approximate surface area is 143 Å². The molecule has 0 radical (unpaired) electrons. The van der Waals surface area contributed by atoms with E-state index in [0.29, 0.717) is 28.9 Å². The molecule has 4 rings (SSSR count). The molecule has 5 heteroatoms. The zero-order valence-electron chi connectivity index (χ0n) is 12.8. The SMILES string of the molecule is O=c1c2ccccc2c(Cl)nn1CCc1ccc2ccccc2n1. The van der Waals surface area contributed by atoms with Crippen molar-refractivity contribution in [3.8, 4) is 0 Å². The van der Waals surface area contributed by atoms with Gasteiger partial charge in [0.05, 0.1) is 17.4 Å². The number of benzene rings is 2. The third-order valence-corrected chi connectivity index (χ3v) is 4.34. The summed E-state index contributed by atoms with van der Waals surface area (Å²) < 4.78 is 1.42. The van der Waals surface area contributed by atoms with E-state index < -0.39 is 0 Å². The number of aryl methyl sites for hydroxylation is 2. The molecule has 0 fully saturated rings. The molecule has 0 spiro atoms. The second-order valence-corrected chi connectivity index (χ2v) is 5.97. The number of fused-ring (bicyclic) bond motifs is 2. The smallest absolute Gasteiger partial charge is 0.267 e. The maximum atomic E-state index is 12.5. The van der Waals surface area contributed by atoms with Gasteiger partial charge in [0.15, 0.2) is 5.15 Å². The standard InChI is InChI=1S/C19H14ClN3O/c20-18-15-6-2-3-7-16(15)19(24)23(22-18)12-11-14-10-9-13-5-1-4-8-17(13)21-14/h1-10H,11-12H2. The number of pyridine rings is 1. The Morgan fingerprint density at radius 1 is 0.917 bits per heavy atom. The van der Waals surface area contributed by atoms with E-state index in [1.165, 1.54) is 4.68 Å². The normalized spacial score (nSPS) is 11.2. The summed E-state index contributed by atoms with van der Waals surface area (Å²) in [6.07, 6.45) is 0.617. The van der Waals surface area contributed by atoms with E-state index in [9.17, 15) is 4.79 Å². The van der Waals surface area contributed by atoms with Gasteiger partial charge in [-0.1, -0.05) is 54.1 Å². The van der Waals surface area contributed by atoms with Crippen molar-refractivity contribution in [3.63, 3.8) is 0 Å². The second kappa shape index (κ2) is 6.06. The fraction of sp³-hybridized carbons (Fsp3) is 0.105. The monoisotopic (exact) mass is 335 g/mol. The van der Waals surface area contributed by atoms with Crippen LogP contribution in [-0.4, -0.2) is 14.8 Å². The molecule has 4 nitrogen and oxygen atoms in total. The predicted molar refractivity (Wildman–Crippen MR) is 96.5 cm³/mol. The Balaban J connectivity index is 1.66. The first-order valence-corrected chi connectivity index (χ1v) is 8.10. The topological polar surface area (TPSA) is 47.8 Å². The van der Waals surface area contributed by atoms with Crippen molar-refractivity contribution in [1.82, 2.24) is 14.8 Å². The lowest BCUT2D eigenvalue weighted by Gasteiger charge is -2.08. The van der Waals surface area contributed by atoms with Gasteiger partial charge in [-0.25, -0.2) is 4.68 Å². The summed E-state index contributed by atoms with van der Waals surface area (Å²) in [7, 11) is 0. The zero-order chi connectivity index (χ0) is 16.5. The zero-order valence-corrected chi connectivity index (χ0v) is 13.6. The first kappa shape index (κ1) is 14.8. The fourth-order valence-corrected chi connectivity index (χ4v) is 3.07. The lowest BCUT2D eigenvalue weighted by molar-refractivity contribution is 0.580. The Morgan fingerprint density at radius 2 is 1.67 bits per heavy atom. The molecule has 24 heavy (non-hydrogen) atoms. The number of hydrogen-bond acceptors (Lipinski definition) is 3. The molecule has 0 aliphatic heterocycles. The summed E-state index contributed by atoms with van der Waals surface area (Å²) in [5, 5.41) is 6.94. The summed E-state index contributed by atoms with van der Waals surface area (Å²) in [6.45, 7) is 0.439. The molecular weight excluding hydrogens is 322 g/mol. The van der Waals surface area contributed by atoms with Crippen molar-refractivity contribution in [2.45, 2.75) is 13.0 Å². The van der Waals surface area contributed by atoms with Gasteiger partial charge in [0.2, 0.25) is 0 Å². The lowest BCUT2D eigenvalue weighted by Crippen LogP contribution is -2.24. The van der Waals surface area contributed by atoms with E-state index in [0.717, 1.165) is 16.6 Å². The van der Waals surface area contributed by atoms with Crippen LogP contribution in [0.4, 0.5) is 0 Å². The van der Waals surface area contributed by atoms with E-state index in [2.05, 4.69) is 10.1 Å². The van der Waals surface area contributed by atoms with Crippen LogP contribution in [0.3, 0.4) is 0 Å². The summed E-state index contributed by atoms with van der Waals surface area (Å²) in [5.41, 5.74) is 1.74. The van der Waals surface area contributed by atoms with Crippen LogP contribution in [0.2, 0.25) is 5.15 Å². The lowest BCUT2D eigenvalue weighted by atomic mass is 10.2. The molecule has 2 aromatic carbocycles. The highest BCUT2D eigenvalue weighted by Gasteiger charge is 2.09. The van der Waals surface area contributed by atoms with Crippen LogP contribution in [0.15, 0.2) is 65.5 Å². The molecule has 2 aromatic heterocycles. The Kier molecular flexibility index (Phi) is 3.75. The number of rotatable bonds is 3. The molecule has 0 aliphatic rings. The van der Waals surface area contributed by atoms with Gasteiger partial charge in [-0.15, -0.1) is 0 Å². The van der Waals surface area contributed by atoms with Crippen LogP contribution in [0.5, 0.6) is 0 Å². The first-order valence-electron chi connectivity index (χ1n) is 7.72. The Morgan fingerprint density at radius 3 is 2.54 bits per heavy atom. The highest BCUT2D eigenvalue weighted by Crippen LogP contribution is 2.17. The van der Waals surface area contributed by atoms with Crippen LogP contribution < -0.4 is 5.56 Å². The summed E-state index contributed by atoms with van der Waals surface area (Å²) in [5.74, 6) is 0. The van der Waals surface area contributed by atoms with E-state index in [4.69, 9.17) is 11.6 Å². The van der Waals surface area contributed by atoms with E-state index in [1.807, 2.05) is 48.5 Å². The summed E-state index contributed by atoms with van der Waals surface area (Å²) in [6, 6.07) is 19.2. The molecular formula is C19H14ClN3O. The third kappa shape index (κ3) is 2.65. The maximum Gasteiger partial charge on any atom is 0.274 e. The average molecular weight is 336 g/mol. The fourth-order valence-electron chi connectivity index (χ4n) is 2.81.